The quantitative estimate of drug-likeness (QED) is 0.322. The maximum Gasteiger partial charge on any atom is 0.416 e. The van der Waals surface area contributed by atoms with Gasteiger partial charge in [0.1, 0.15) is 5.75 Å². The number of carbonyl (C=O) groups is 1. The molecule has 5 nitrogen and oxygen atoms in total. The van der Waals surface area contributed by atoms with E-state index in [9.17, 15) is 18.0 Å². The lowest BCUT2D eigenvalue weighted by atomic mass is 10.1. The molecule has 0 fully saturated rings. The normalized spacial score (nSPS) is 11.2. The molecule has 178 valence electrons. The second-order valence-electron chi connectivity index (χ2n) is 7.86. The third-order valence-electron chi connectivity index (χ3n) is 5.37. The van der Waals surface area contributed by atoms with Crippen LogP contribution in [0.25, 0.3) is 11.1 Å². The molecular formula is C27H22F3N3O2. The largest absolute Gasteiger partial charge is 0.438 e. The van der Waals surface area contributed by atoms with Crippen LogP contribution in [0, 0.1) is 6.92 Å². The number of alkyl halides is 3. The molecule has 0 aliphatic rings. The Morgan fingerprint density at radius 1 is 0.971 bits per heavy atom. The summed E-state index contributed by atoms with van der Waals surface area (Å²) in [7, 11) is 0. The molecule has 0 spiro atoms. The summed E-state index contributed by atoms with van der Waals surface area (Å²) in [5, 5.41) is 2.51. The first-order valence-corrected chi connectivity index (χ1v) is 10.9. The molecule has 0 saturated carbocycles. The van der Waals surface area contributed by atoms with Gasteiger partial charge < -0.3 is 10.1 Å². The fraction of sp³-hybridized carbons (Fsp3) is 0.148. The van der Waals surface area contributed by atoms with E-state index in [-0.39, 0.29) is 11.3 Å². The van der Waals surface area contributed by atoms with Gasteiger partial charge in [-0.05, 0) is 79.1 Å². The van der Waals surface area contributed by atoms with E-state index in [1.54, 1.807) is 36.7 Å². The van der Waals surface area contributed by atoms with Gasteiger partial charge in [-0.3, -0.25) is 9.78 Å². The van der Waals surface area contributed by atoms with Gasteiger partial charge >= 0.3 is 6.18 Å². The Morgan fingerprint density at radius 2 is 1.80 bits per heavy atom. The first kappa shape index (κ1) is 23.9. The van der Waals surface area contributed by atoms with Crippen LogP contribution in [0.4, 0.5) is 18.9 Å². The number of pyridine rings is 2. The topological polar surface area (TPSA) is 64.1 Å². The first-order valence-electron chi connectivity index (χ1n) is 10.9. The number of aryl methyl sites for hydroxylation is 2. The van der Waals surface area contributed by atoms with Gasteiger partial charge in [0.15, 0.2) is 0 Å². The van der Waals surface area contributed by atoms with Crippen molar-refractivity contribution in [3.63, 3.8) is 0 Å². The van der Waals surface area contributed by atoms with Crippen molar-refractivity contribution >= 4 is 11.6 Å². The third-order valence-corrected chi connectivity index (χ3v) is 5.37. The number of nitrogens with one attached hydrogen (secondary N) is 1. The van der Waals surface area contributed by atoms with Crippen LogP contribution in [0.15, 0.2) is 79.1 Å². The average molecular weight is 477 g/mol. The number of hydrogen-bond acceptors (Lipinski definition) is 4. The van der Waals surface area contributed by atoms with E-state index in [2.05, 4.69) is 15.3 Å². The Bertz CT molecular complexity index is 1370. The number of nitrogens with zero attached hydrogens (tertiary/aromatic N) is 2. The molecule has 4 aromatic rings. The highest BCUT2D eigenvalue weighted by molar-refractivity contribution is 6.04. The number of rotatable bonds is 6. The van der Waals surface area contributed by atoms with Crippen molar-refractivity contribution in [2.75, 3.05) is 5.32 Å². The maximum atomic E-state index is 13.0. The zero-order valence-corrected chi connectivity index (χ0v) is 19.1. The van der Waals surface area contributed by atoms with Gasteiger partial charge in [0, 0.05) is 34.9 Å². The molecule has 0 aliphatic carbocycles. The van der Waals surface area contributed by atoms with Crippen molar-refractivity contribution in [2.24, 2.45) is 0 Å². The van der Waals surface area contributed by atoms with Crippen molar-refractivity contribution in [3.05, 3.63) is 102 Å². The highest BCUT2D eigenvalue weighted by Gasteiger charge is 2.30. The number of carbonyl (C=O) groups excluding carboxylic acids is 1. The number of anilines is 1. The van der Waals surface area contributed by atoms with Crippen molar-refractivity contribution in [1.29, 1.82) is 0 Å². The van der Waals surface area contributed by atoms with Gasteiger partial charge in [0.25, 0.3) is 5.91 Å². The molecule has 1 amide bonds. The minimum Gasteiger partial charge on any atom is -0.438 e. The van der Waals surface area contributed by atoms with Crippen LogP contribution < -0.4 is 10.1 Å². The Balaban J connectivity index is 1.60. The highest BCUT2D eigenvalue weighted by Crippen LogP contribution is 2.34. The van der Waals surface area contributed by atoms with E-state index in [0.717, 1.165) is 40.9 Å². The van der Waals surface area contributed by atoms with Crippen molar-refractivity contribution in [1.82, 2.24) is 9.97 Å². The SMILES string of the molecule is CCc1cc(-c2cccnc2Oc2cc(C(=O)Nc3cccc(C(F)(F)F)c3)ccc2C)ccn1. The van der Waals surface area contributed by atoms with Crippen molar-refractivity contribution in [3.8, 4) is 22.8 Å². The molecule has 0 saturated heterocycles. The van der Waals surface area contributed by atoms with Gasteiger partial charge in [-0.25, -0.2) is 4.98 Å². The van der Waals surface area contributed by atoms with Crippen LogP contribution >= 0.6 is 0 Å². The smallest absolute Gasteiger partial charge is 0.416 e. The molecule has 1 N–H and O–H groups in total. The standard InChI is InChI=1S/C27H22F3N3O2/c1-3-21-14-18(11-13-31-21)23-8-5-12-32-26(23)35-24-15-19(10-9-17(24)2)25(34)33-22-7-4-6-20(16-22)27(28,29)30/h4-16H,3H2,1-2H3,(H,33,34). The summed E-state index contributed by atoms with van der Waals surface area (Å²) in [5.41, 5.74) is 2.80. The van der Waals surface area contributed by atoms with E-state index >= 15 is 0 Å². The second-order valence-corrected chi connectivity index (χ2v) is 7.86. The summed E-state index contributed by atoms with van der Waals surface area (Å²) in [4.78, 5) is 21.5. The average Bonchev–Trinajstić information content (AvgIpc) is 2.85. The summed E-state index contributed by atoms with van der Waals surface area (Å²) < 4.78 is 45.1. The highest BCUT2D eigenvalue weighted by atomic mass is 19.4. The fourth-order valence-electron chi connectivity index (χ4n) is 3.46. The van der Waals surface area contributed by atoms with E-state index in [1.165, 1.54) is 12.1 Å². The van der Waals surface area contributed by atoms with Gasteiger partial charge in [-0.1, -0.05) is 19.1 Å². The number of ether oxygens (including phenoxy) is 1. The maximum absolute atomic E-state index is 13.0. The Labute approximate surface area is 200 Å². The van der Waals surface area contributed by atoms with Crippen LogP contribution in [0.5, 0.6) is 11.6 Å². The van der Waals surface area contributed by atoms with E-state index in [0.29, 0.717) is 11.6 Å². The van der Waals surface area contributed by atoms with Gasteiger partial charge in [-0.15, -0.1) is 0 Å². The summed E-state index contributed by atoms with van der Waals surface area (Å²) >= 11 is 0. The molecule has 0 aliphatic heterocycles. The van der Waals surface area contributed by atoms with Gasteiger partial charge in [0.05, 0.1) is 5.56 Å². The van der Waals surface area contributed by atoms with Crippen LogP contribution in [-0.2, 0) is 12.6 Å². The molecule has 2 aromatic carbocycles. The molecule has 0 unspecified atom stereocenters. The van der Waals surface area contributed by atoms with Crippen LogP contribution in [0.3, 0.4) is 0 Å². The number of benzene rings is 2. The predicted molar refractivity (Wildman–Crippen MR) is 127 cm³/mol. The number of aromatic nitrogens is 2. The summed E-state index contributed by atoms with van der Waals surface area (Å²) in [5.74, 6) is 0.211. The Hall–Kier alpha value is -4.20. The van der Waals surface area contributed by atoms with E-state index in [1.807, 2.05) is 32.0 Å². The summed E-state index contributed by atoms with van der Waals surface area (Å²) in [6.45, 7) is 3.85. The fourth-order valence-corrected chi connectivity index (χ4v) is 3.46. The van der Waals surface area contributed by atoms with Crippen LogP contribution in [0.2, 0.25) is 0 Å². The summed E-state index contributed by atoms with van der Waals surface area (Å²) in [6.07, 6.45) is -0.375. The Kier molecular flexibility index (Phi) is 6.82. The molecule has 0 atom stereocenters. The summed E-state index contributed by atoms with van der Waals surface area (Å²) in [6, 6.07) is 16.8. The molecule has 4 rings (SSSR count). The van der Waals surface area contributed by atoms with E-state index < -0.39 is 17.6 Å². The van der Waals surface area contributed by atoms with Gasteiger partial charge in [-0.2, -0.15) is 13.2 Å². The minimum absolute atomic E-state index is 0.0456. The predicted octanol–water partition coefficient (Wildman–Crippen LogP) is 7.08. The monoisotopic (exact) mass is 477 g/mol. The lowest BCUT2D eigenvalue weighted by Crippen LogP contribution is -2.13. The van der Waals surface area contributed by atoms with Crippen molar-refractivity contribution < 1.29 is 22.7 Å². The molecule has 35 heavy (non-hydrogen) atoms. The molecule has 2 aromatic heterocycles. The second kappa shape index (κ2) is 9.97. The van der Waals surface area contributed by atoms with Crippen LogP contribution in [-0.4, -0.2) is 15.9 Å². The number of halogens is 3. The van der Waals surface area contributed by atoms with Gasteiger partial charge in [0.2, 0.25) is 5.88 Å². The molecular weight excluding hydrogens is 455 g/mol. The molecule has 8 heteroatoms. The minimum atomic E-state index is -4.50. The first-order chi connectivity index (χ1) is 16.7. The van der Waals surface area contributed by atoms with E-state index in [4.69, 9.17) is 4.74 Å². The molecule has 2 heterocycles. The lowest BCUT2D eigenvalue weighted by Gasteiger charge is -2.14. The molecule has 0 radical (unpaired) electrons. The number of hydrogen-bond donors (Lipinski definition) is 1. The number of amides is 1. The van der Waals surface area contributed by atoms with Crippen molar-refractivity contribution in [2.45, 2.75) is 26.4 Å². The van der Waals surface area contributed by atoms with Crippen LogP contribution in [0.1, 0.15) is 34.1 Å². The third kappa shape index (κ3) is 5.66. The molecule has 0 bridgehead atoms. The Morgan fingerprint density at radius 3 is 2.57 bits per heavy atom. The zero-order chi connectivity index (χ0) is 25.0. The zero-order valence-electron chi connectivity index (χ0n) is 19.1. The lowest BCUT2D eigenvalue weighted by molar-refractivity contribution is -0.137.